The quantitative estimate of drug-likeness (QED) is 0.852. The highest BCUT2D eigenvalue weighted by molar-refractivity contribution is 5.91. The highest BCUT2D eigenvalue weighted by Gasteiger charge is 2.39. The van der Waals surface area contributed by atoms with E-state index in [-0.39, 0.29) is 11.4 Å². The number of piperidine rings is 1. The number of nitrogens with one attached hydrogen (secondary N) is 1. The van der Waals surface area contributed by atoms with E-state index in [9.17, 15) is 4.79 Å². The third kappa shape index (κ3) is 3.68. The molecule has 2 aromatic rings. The van der Waals surface area contributed by atoms with Crippen LogP contribution < -0.4 is 5.32 Å². The predicted octanol–water partition coefficient (Wildman–Crippen LogP) is 2.30. The smallest absolute Gasteiger partial charge is 0.292 e. The summed E-state index contributed by atoms with van der Waals surface area (Å²) in [5.74, 6) is 2.08. The fourth-order valence-corrected chi connectivity index (χ4v) is 3.57. The van der Waals surface area contributed by atoms with E-state index in [4.69, 9.17) is 13.7 Å². The highest BCUT2D eigenvalue weighted by Crippen LogP contribution is 2.24. The largest absolute Gasteiger partial charge is 0.465 e. The molecule has 0 aromatic carbocycles. The first kappa shape index (κ1) is 17.3. The maximum Gasteiger partial charge on any atom is 0.292 e. The van der Waals surface area contributed by atoms with E-state index in [1.807, 2.05) is 24.0 Å². The molecule has 1 amide bonds. The third-order valence-corrected chi connectivity index (χ3v) is 5.12. The molecule has 0 atom stereocenters. The van der Waals surface area contributed by atoms with Crippen LogP contribution in [0, 0.1) is 6.92 Å². The Labute approximate surface area is 152 Å². The molecule has 140 valence electrons. The number of aryl methyl sites for hydroxylation is 1. The maximum absolute atomic E-state index is 12.5. The number of carbonyl (C=O) groups is 1. The molecule has 0 saturated carbocycles. The van der Waals surface area contributed by atoms with Gasteiger partial charge in [-0.05, 0) is 38.3 Å². The number of likely N-dealkylation sites (tertiary alicyclic amines) is 1. The first-order valence-electron chi connectivity index (χ1n) is 9.27. The lowest BCUT2D eigenvalue weighted by Crippen LogP contribution is -2.61. The Morgan fingerprint density at radius 1 is 1.27 bits per heavy atom. The number of carbonyl (C=O) groups excluding carboxylic acids is 1. The summed E-state index contributed by atoms with van der Waals surface area (Å²) in [6.07, 6.45) is 3.96. The van der Waals surface area contributed by atoms with Gasteiger partial charge in [-0.25, -0.2) is 0 Å². The lowest BCUT2D eigenvalue weighted by atomic mass is 9.91. The molecule has 2 fully saturated rings. The summed E-state index contributed by atoms with van der Waals surface area (Å²) >= 11 is 0. The fourth-order valence-electron chi connectivity index (χ4n) is 3.57. The van der Waals surface area contributed by atoms with E-state index in [1.54, 1.807) is 6.07 Å². The number of rotatable bonds is 6. The average molecular weight is 359 g/mol. The SMILES string of the molecule is Cc1ccc(CNC2(Cc3cc(C(=O)N4CCCCC4)on3)COC2)o1. The number of hydrogen-bond acceptors (Lipinski definition) is 6. The zero-order chi connectivity index (χ0) is 18.0. The van der Waals surface area contributed by atoms with Gasteiger partial charge in [-0.1, -0.05) is 5.16 Å². The molecular formula is C19H25N3O4. The van der Waals surface area contributed by atoms with Crippen molar-refractivity contribution in [1.82, 2.24) is 15.4 Å². The van der Waals surface area contributed by atoms with Crippen molar-refractivity contribution in [2.24, 2.45) is 0 Å². The summed E-state index contributed by atoms with van der Waals surface area (Å²) in [6, 6.07) is 5.70. The van der Waals surface area contributed by atoms with Crippen LogP contribution >= 0.6 is 0 Å². The zero-order valence-corrected chi connectivity index (χ0v) is 15.1. The lowest BCUT2D eigenvalue weighted by Gasteiger charge is -2.41. The lowest BCUT2D eigenvalue weighted by molar-refractivity contribution is -0.0761. The van der Waals surface area contributed by atoms with E-state index in [1.165, 1.54) is 6.42 Å². The molecule has 7 heteroatoms. The molecule has 4 heterocycles. The second-order valence-electron chi connectivity index (χ2n) is 7.35. The van der Waals surface area contributed by atoms with E-state index in [2.05, 4.69) is 10.5 Å². The Kier molecular flexibility index (Phi) is 4.82. The molecule has 7 nitrogen and oxygen atoms in total. The van der Waals surface area contributed by atoms with Crippen LogP contribution in [-0.4, -0.2) is 47.8 Å². The summed E-state index contributed by atoms with van der Waals surface area (Å²) in [5, 5.41) is 7.63. The second kappa shape index (κ2) is 7.25. The van der Waals surface area contributed by atoms with Crippen molar-refractivity contribution in [1.29, 1.82) is 0 Å². The summed E-state index contributed by atoms with van der Waals surface area (Å²) < 4.78 is 16.4. The Hall–Kier alpha value is -2.12. The van der Waals surface area contributed by atoms with Crippen LogP contribution in [0.15, 0.2) is 27.1 Å². The van der Waals surface area contributed by atoms with E-state index >= 15 is 0 Å². The highest BCUT2D eigenvalue weighted by atomic mass is 16.5. The molecule has 2 aromatic heterocycles. The zero-order valence-electron chi connectivity index (χ0n) is 15.1. The van der Waals surface area contributed by atoms with Gasteiger partial charge in [0.05, 0.1) is 31.0 Å². The molecule has 0 bridgehead atoms. The van der Waals surface area contributed by atoms with Crippen LogP contribution in [0.4, 0.5) is 0 Å². The van der Waals surface area contributed by atoms with Gasteiger partial charge in [0, 0.05) is 25.6 Å². The molecule has 2 aliphatic heterocycles. The normalized spacial score (nSPS) is 19.3. The fraction of sp³-hybridized carbons (Fsp3) is 0.579. The van der Waals surface area contributed by atoms with Gasteiger partial charge in [0.25, 0.3) is 5.91 Å². The molecule has 2 saturated heterocycles. The van der Waals surface area contributed by atoms with Gasteiger partial charge in [-0.3, -0.25) is 10.1 Å². The first-order valence-corrected chi connectivity index (χ1v) is 9.27. The number of furan rings is 1. The van der Waals surface area contributed by atoms with Gasteiger partial charge in [0.2, 0.25) is 5.76 Å². The van der Waals surface area contributed by atoms with Gasteiger partial charge < -0.3 is 18.6 Å². The van der Waals surface area contributed by atoms with Gasteiger partial charge in [0.15, 0.2) is 0 Å². The topological polar surface area (TPSA) is 80.7 Å². The van der Waals surface area contributed by atoms with Gasteiger partial charge in [-0.15, -0.1) is 0 Å². The van der Waals surface area contributed by atoms with Crippen molar-refractivity contribution in [2.45, 2.75) is 44.7 Å². The molecule has 2 aliphatic rings. The van der Waals surface area contributed by atoms with Crippen LogP contribution in [0.3, 0.4) is 0 Å². The van der Waals surface area contributed by atoms with Crippen molar-refractivity contribution in [3.63, 3.8) is 0 Å². The number of amides is 1. The first-order chi connectivity index (χ1) is 12.6. The van der Waals surface area contributed by atoms with Crippen molar-refractivity contribution < 1.29 is 18.5 Å². The Balaban J connectivity index is 1.38. The standard InChI is InChI=1S/C19H25N3O4/c1-14-5-6-16(25-14)11-20-19(12-24-13-19)10-15-9-17(26-21-15)18(23)22-7-3-2-4-8-22/h5-6,9,20H,2-4,7-8,10-13H2,1H3. The second-order valence-corrected chi connectivity index (χ2v) is 7.35. The molecule has 1 N–H and O–H groups in total. The van der Waals surface area contributed by atoms with Crippen LogP contribution in [0.1, 0.15) is 47.0 Å². The molecule has 4 rings (SSSR count). The Morgan fingerprint density at radius 2 is 2.08 bits per heavy atom. The predicted molar refractivity (Wildman–Crippen MR) is 93.8 cm³/mol. The third-order valence-electron chi connectivity index (χ3n) is 5.12. The molecule has 26 heavy (non-hydrogen) atoms. The average Bonchev–Trinajstić information content (AvgIpc) is 3.26. The van der Waals surface area contributed by atoms with Crippen molar-refractivity contribution in [3.8, 4) is 0 Å². The molecule has 0 aliphatic carbocycles. The Bertz CT molecular complexity index is 756. The number of nitrogens with zero attached hydrogens (tertiary/aromatic N) is 2. The monoisotopic (exact) mass is 359 g/mol. The molecule has 0 unspecified atom stereocenters. The number of aromatic nitrogens is 1. The van der Waals surface area contributed by atoms with Gasteiger partial charge in [-0.2, -0.15) is 0 Å². The molecular weight excluding hydrogens is 334 g/mol. The van der Waals surface area contributed by atoms with E-state index in [0.29, 0.717) is 31.9 Å². The van der Waals surface area contributed by atoms with Crippen LogP contribution in [-0.2, 0) is 17.7 Å². The van der Waals surface area contributed by atoms with Crippen molar-refractivity contribution in [3.05, 3.63) is 41.2 Å². The van der Waals surface area contributed by atoms with Crippen molar-refractivity contribution in [2.75, 3.05) is 26.3 Å². The number of hydrogen-bond donors (Lipinski definition) is 1. The summed E-state index contributed by atoms with van der Waals surface area (Å²) in [5.41, 5.74) is 0.583. The summed E-state index contributed by atoms with van der Waals surface area (Å²) in [7, 11) is 0. The minimum Gasteiger partial charge on any atom is -0.465 e. The molecule has 0 radical (unpaired) electrons. The molecule has 0 spiro atoms. The summed E-state index contributed by atoms with van der Waals surface area (Å²) in [4.78, 5) is 14.4. The van der Waals surface area contributed by atoms with Crippen LogP contribution in [0.5, 0.6) is 0 Å². The maximum atomic E-state index is 12.5. The van der Waals surface area contributed by atoms with E-state index < -0.39 is 0 Å². The van der Waals surface area contributed by atoms with Crippen LogP contribution in [0.2, 0.25) is 0 Å². The van der Waals surface area contributed by atoms with E-state index in [0.717, 1.165) is 43.1 Å². The Morgan fingerprint density at radius 3 is 2.73 bits per heavy atom. The number of ether oxygens (including phenoxy) is 1. The van der Waals surface area contributed by atoms with Gasteiger partial charge in [0.1, 0.15) is 11.5 Å². The summed E-state index contributed by atoms with van der Waals surface area (Å²) in [6.45, 7) is 5.38. The van der Waals surface area contributed by atoms with Crippen LogP contribution in [0.25, 0.3) is 0 Å². The van der Waals surface area contributed by atoms with Crippen molar-refractivity contribution >= 4 is 5.91 Å². The minimum atomic E-state index is -0.191. The van der Waals surface area contributed by atoms with Gasteiger partial charge >= 0.3 is 0 Å². The minimum absolute atomic E-state index is 0.0543.